The summed E-state index contributed by atoms with van der Waals surface area (Å²) in [5, 5.41) is 1.75. The van der Waals surface area contributed by atoms with Crippen molar-refractivity contribution in [1.82, 2.24) is 4.90 Å². The number of nitrogens with zero attached hydrogens (tertiary/aromatic N) is 1. The Bertz CT molecular complexity index is 650. The molecule has 108 valence electrons. The third-order valence-electron chi connectivity index (χ3n) is 3.17. The molecule has 6 heteroatoms. The molecule has 2 aromatic rings. The molecule has 0 N–H and O–H groups in total. The Morgan fingerprint density at radius 3 is 2.45 bits per heavy atom. The molecule has 1 amide bonds. The first-order chi connectivity index (χ1) is 9.54. The lowest BCUT2D eigenvalue weighted by Crippen LogP contribution is -2.29. The highest BCUT2D eigenvalue weighted by atomic mass is 35.5. The normalized spacial score (nSPS) is 10.8. The monoisotopic (exact) mass is 331 g/mol. The fourth-order valence-corrected chi connectivity index (χ4v) is 3.89. The molecule has 0 saturated heterocycles. The van der Waals surface area contributed by atoms with Gasteiger partial charge in [-0.05, 0) is 26.0 Å². The van der Waals surface area contributed by atoms with E-state index in [1.54, 1.807) is 18.1 Å². The molecule has 0 aliphatic heterocycles. The quantitative estimate of drug-likeness (QED) is 0.812. The molecule has 20 heavy (non-hydrogen) atoms. The molecule has 0 aliphatic carbocycles. The van der Waals surface area contributed by atoms with E-state index in [0.29, 0.717) is 33.8 Å². The van der Waals surface area contributed by atoms with Crippen LogP contribution in [-0.4, -0.2) is 31.0 Å². The van der Waals surface area contributed by atoms with Crippen LogP contribution in [0.2, 0.25) is 10.0 Å². The van der Waals surface area contributed by atoms with Crippen molar-refractivity contribution in [3.63, 3.8) is 0 Å². The molecule has 0 unspecified atom stereocenters. The lowest BCUT2D eigenvalue weighted by atomic mass is 10.2. The van der Waals surface area contributed by atoms with Crippen molar-refractivity contribution in [2.24, 2.45) is 0 Å². The van der Waals surface area contributed by atoms with Crippen molar-refractivity contribution in [1.29, 1.82) is 0 Å². The van der Waals surface area contributed by atoms with Gasteiger partial charge < -0.3 is 9.64 Å². The summed E-state index contributed by atoms with van der Waals surface area (Å²) in [6.07, 6.45) is 0. The molecule has 1 aromatic carbocycles. The van der Waals surface area contributed by atoms with Crippen molar-refractivity contribution in [3.8, 4) is 5.75 Å². The molecule has 2 rings (SSSR count). The Labute approximate surface area is 132 Å². The van der Waals surface area contributed by atoms with E-state index < -0.39 is 0 Å². The van der Waals surface area contributed by atoms with Gasteiger partial charge >= 0.3 is 0 Å². The first-order valence-electron chi connectivity index (χ1n) is 6.28. The van der Waals surface area contributed by atoms with Crippen molar-refractivity contribution < 1.29 is 9.53 Å². The molecular weight excluding hydrogens is 317 g/mol. The van der Waals surface area contributed by atoms with E-state index in [2.05, 4.69) is 0 Å². The summed E-state index contributed by atoms with van der Waals surface area (Å²) in [7, 11) is 1.56. The topological polar surface area (TPSA) is 29.5 Å². The fraction of sp³-hybridized carbons (Fsp3) is 0.357. The van der Waals surface area contributed by atoms with Gasteiger partial charge in [0.1, 0.15) is 15.6 Å². The maximum absolute atomic E-state index is 12.4. The van der Waals surface area contributed by atoms with Crippen LogP contribution in [-0.2, 0) is 0 Å². The van der Waals surface area contributed by atoms with Crippen LogP contribution in [0.3, 0.4) is 0 Å². The minimum atomic E-state index is -0.0590. The van der Waals surface area contributed by atoms with Gasteiger partial charge in [-0.1, -0.05) is 23.2 Å². The second-order valence-corrected chi connectivity index (χ2v) is 5.96. The molecule has 0 bridgehead atoms. The van der Waals surface area contributed by atoms with Crippen molar-refractivity contribution >= 4 is 50.5 Å². The minimum absolute atomic E-state index is 0.0590. The number of hydrogen-bond donors (Lipinski definition) is 0. The number of carbonyl (C=O) groups is 1. The Morgan fingerprint density at radius 2 is 1.90 bits per heavy atom. The summed E-state index contributed by atoms with van der Waals surface area (Å²) in [6, 6.07) is 3.59. The van der Waals surface area contributed by atoms with Gasteiger partial charge in [0, 0.05) is 18.5 Å². The third-order valence-corrected chi connectivity index (χ3v) is 5.37. The summed E-state index contributed by atoms with van der Waals surface area (Å²) in [4.78, 5) is 14.7. The second kappa shape index (κ2) is 6.20. The van der Waals surface area contributed by atoms with Crippen molar-refractivity contribution in [3.05, 3.63) is 27.1 Å². The molecule has 0 atom stereocenters. The first kappa shape index (κ1) is 15.4. The van der Waals surface area contributed by atoms with Crippen molar-refractivity contribution in [2.75, 3.05) is 20.2 Å². The second-order valence-electron chi connectivity index (χ2n) is 4.18. The fourth-order valence-electron chi connectivity index (χ4n) is 2.03. The number of hydrogen-bond acceptors (Lipinski definition) is 3. The molecule has 0 saturated carbocycles. The van der Waals surface area contributed by atoms with Gasteiger partial charge in [-0.3, -0.25) is 4.79 Å². The summed E-state index contributed by atoms with van der Waals surface area (Å²) < 4.78 is 5.97. The Balaban J connectivity index is 2.59. The Morgan fingerprint density at radius 1 is 1.25 bits per heavy atom. The number of amides is 1. The lowest BCUT2D eigenvalue weighted by Gasteiger charge is -2.17. The maximum Gasteiger partial charge on any atom is 0.265 e. The first-order valence-corrected chi connectivity index (χ1v) is 7.86. The average Bonchev–Trinajstić information content (AvgIpc) is 2.79. The molecule has 0 radical (unpaired) electrons. The van der Waals surface area contributed by atoms with E-state index in [-0.39, 0.29) is 5.91 Å². The molecule has 0 spiro atoms. The highest BCUT2D eigenvalue weighted by Crippen LogP contribution is 2.43. The molecule has 3 nitrogen and oxygen atoms in total. The predicted molar refractivity (Wildman–Crippen MR) is 85.6 cm³/mol. The molecular formula is C14H15Cl2NO2S. The lowest BCUT2D eigenvalue weighted by molar-refractivity contribution is 0.0778. The van der Waals surface area contributed by atoms with Gasteiger partial charge in [0.25, 0.3) is 5.91 Å². The number of fused-ring (bicyclic) bond motifs is 1. The van der Waals surface area contributed by atoms with Gasteiger partial charge in [-0.25, -0.2) is 0 Å². The SMILES string of the molecule is CCN(CC)C(=O)c1sc2c(Cl)c(OC)ccc2c1Cl. The van der Waals surface area contributed by atoms with Crippen LogP contribution >= 0.6 is 34.5 Å². The molecule has 1 heterocycles. The summed E-state index contributed by atoms with van der Waals surface area (Å²) in [5.74, 6) is 0.523. The number of ether oxygens (including phenoxy) is 1. The summed E-state index contributed by atoms with van der Waals surface area (Å²) in [5.41, 5.74) is 0. The van der Waals surface area contributed by atoms with Crippen LogP contribution < -0.4 is 4.74 Å². The highest BCUT2D eigenvalue weighted by molar-refractivity contribution is 7.22. The number of carbonyl (C=O) groups excluding carboxylic acids is 1. The van der Waals surface area contributed by atoms with E-state index in [4.69, 9.17) is 27.9 Å². The minimum Gasteiger partial charge on any atom is -0.495 e. The largest absolute Gasteiger partial charge is 0.495 e. The molecule has 0 fully saturated rings. The summed E-state index contributed by atoms with van der Waals surface area (Å²) in [6.45, 7) is 5.19. The molecule has 0 aliphatic rings. The summed E-state index contributed by atoms with van der Waals surface area (Å²) >= 11 is 13.9. The van der Waals surface area contributed by atoms with Crippen LogP contribution in [0.4, 0.5) is 0 Å². The van der Waals surface area contributed by atoms with E-state index >= 15 is 0 Å². The highest BCUT2D eigenvalue weighted by Gasteiger charge is 2.22. The van der Waals surface area contributed by atoms with E-state index in [9.17, 15) is 4.79 Å². The van der Waals surface area contributed by atoms with Crippen LogP contribution in [0, 0.1) is 0 Å². The van der Waals surface area contributed by atoms with Crippen LogP contribution in [0.15, 0.2) is 12.1 Å². The van der Waals surface area contributed by atoms with Crippen LogP contribution in [0.1, 0.15) is 23.5 Å². The smallest absolute Gasteiger partial charge is 0.265 e. The zero-order valence-electron chi connectivity index (χ0n) is 11.5. The Kier molecular flexibility index (Phi) is 4.78. The number of halogens is 2. The third kappa shape index (κ3) is 2.48. The zero-order valence-corrected chi connectivity index (χ0v) is 13.8. The van der Waals surface area contributed by atoms with Crippen LogP contribution in [0.25, 0.3) is 10.1 Å². The van der Waals surface area contributed by atoms with E-state index in [0.717, 1.165) is 10.1 Å². The van der Waals surface area contributed by atoms with Gasteiger partial charge in [0.05, 0.1) is 16.8 Å². The number of rotatable bonds is 4. The number of methoxy groups -OCH3 is 1. The predicted octanol–water partition coefficient (Wildman–Crippen LogP) is 4.70. The van der Waals surface area contributed by atoms with Gasteiger partial charge in [0.2, 0.25) is 0 Å². The van der Waals surface area contributed by atoms with E-state index in [1.165, 1.54) is 11.3 Å². The standard InChI is InChI=1S/C14H15Cl2NO2S/c1-4-17(5-2)14(18)13-10(15)8-6-7-9(19-3)11(16)12(8)20-13/h6-7H,4-5H2,1-3H3. The Hall–Kier alpha value is -0.970. The van der Waals surface area contributed by atoms with Gasteiger partial charge in [0.15, 0.2) is 0 Å². The van der Waals surface area contributed by atoms with Crippen LogP contribution in [0.5, 0.6) is 5.75 Å². The van der Waals surface area contributed by atoms with E-state index in [1.807, 2.05) is 19.9 Å². The number of benzene rings is 1. The van der Waals surface area contributed by atoms with Gasteiger partial charge in [-0.2, -0.15) is 0 Å². The number of thiophene rings is 1. The molecule has 1 aromatic heterocycles. The average molecular weight is 332 g/mol. The maximum atomic E-state index is 12.4. The van der Waals surface area contributed by atoms with Gasteiger partial charge in [-0.15, -0.1) is 11.3 Å². The zero-order chi connectivity index (χ0) is 14.9. The van der Waals surface area contributed by atoms with Crippen molar-refractivity contribution in [2.45, 2.75) is 13.8 Å².